The summed E-state index contributed by atoms with van der Waals surface area (Å²) < 4.78 is 11.0. The highest BCUT2D eigenvalue weighted by atomic mass is 16.6. The molecule has 2 atom stereocenters. The van der Waals surface area contributed by atoms with Gasteiger partial charge in [0, 0.05) is 64.2 Å². The lowest BCUT2D eigenvalue weighted by atomic mass is 10.0. The van der Waals surface area contributed by atoms with Crippen molar-refractivity contribution in [2.75, 3.05) is 59.5 Å². The number of benzene rings is 1. The Kier molecular flexibility index (Phi) is 12.5. The minimum atomic E-state index is -1.17. The molecule has 0 radical (unpaired) electrons. The van der Waals surface area contributed by atoms with Crippen molar-refractivity contribution in [3.63, 3.8) is 0 Å². The number of amides is 5. The molecule has 260 valence electrons. The fourth-order valence-electron chi connectivity index (χ4n) is 5.79. The maximum atomic E-state index is 13.6. The van der Waals surface area contributed by atoms with Gasteiger partial charge in [-0.3, -0.25) is 24.0 Å². The van der Waals surface area contributed by atoms with Gasteiger partial charge in [-0.25, -0.2) is 9.78 Å². The van der Waals surface area contributed by atoms with E-state index in [1.807, 2.05) is 6.92 Å². The Morgan fingerprint density at radius 1 is 1.02 bits per heavy atom. The minimum Gasteiger partial charge on any atom is -0.483 e. The molecule has 2 aliphatic rings. The molecule has 2 fully saturated rings. The number of para-hydroxylation sites is 1. The topological polar surface area (TPSA) is 179 Å². The van der Waals surface area contributed by atoms with Gasteiger partial charge in [0.15, 0.2) is 6.61 Å². The quantitative estimate of drug-likeness (QED) is 0.319. The van der Waals surface area contributed by atoms with Crippen molar-refractivity contribution in [1.82, 2.24) is 29.9 Å². The summed E-state index contributed by atoms with van der Waals surface area (Å²) in [7, 11) is 1.72. The summed E-state index contributed by atoms with van der Waals surface area (Å²) in [5.74, 6) is -2.58. The highest BCUT2D eigenvalue weighted by Crippen LogP contribution is 2.26. The zero-order valence-corrected chi connectivity index (χ0v) is 27.7. The number of hydrogen-bond acceptors (Lipinski definition) is 9. The van der Waals surface area contributed by atoms with E-state index in [0.29, 0.717) is 30.4 Å². The number of carboxylic acid groups (broad SMARTS) is 1. The number of hydrogen-bond donors (Lipinski definition) is 2. The Bertz CT molecular complexity index is 1510. The number of nitrogens with one attached hydrogen (secondary N) is 1. The van der Waals surface area contributed by atoms with E-state index < -0.39 is 36.0 Å². The molecule has 15 nitrogen and oxygen atoms in total. The Labute approximate surface area is 279 Å². The predicted octanol–water partition coefficient (Wildman–Crippen LogP) is 1.74. The average molecular weight is 669 g/mol. The van der Waals surface area contributed by atoms with Crippen molar-refractivity contribution >= 4 is 46.6 Å². The van der Waals surface area contributed by atoms with Crippen LogP contribution in [-0.2, 0) is 23.9 Å². The molecule has 15 heteroatoms. The Morgan fingerprint density at radius 2 is 1.73 bits per heavy atom. The molecule has 1 aromatic heterocycles. The van der Waals surface area contributed by atoms with E-state index in [0.717, 1.165) is 12.8 Å². The molecule has 0 aliphatic carbocycles. The summed E-state index contributed by atoms with van der Waals surface area (Å²) in [6.45, 7) is 5.23. The molecular formula is C33H44N6O9. The molecule has 4 rings (SSSR count). The van der Waals surface area contributed by atoms with Gasteiger partial charge in [-0.15, -0.1) is 0 Å². The van der Waals surface area contributed by atoms with Crippen molar-refractivity contribution < 1.29 is 43.3 Å². The highest BCUT2D eigenvalue weighted by Gasteiger charge is 2.36. The number of unbranched alkanes of at least 4 members (excludes halogenated alkanes) is 1. The number of carbonyl (C=O) groups is 6. The van der Waals surface area contributed by atoms with Gasteiger partial charge >= 0.3 is 12.1 Å². The van der Waals surface area contributed by atoms with E-state index in [2.05, 4.69) is 10.3 Å². The summed E-state index contributed by atoms with van der Waals surface area (Å²) >= 11 is 0. The minimum absolute atomic E-state index is 0.0907. The summed E-state index contributed by atoms with van der Waals surface area (Å²) in [5.41, 5.74) is 0.318. The molecule has 2 saturated heterocycles. The first-order chi connectivity index (χ1) is 23.0. The van der Waals surface area contributed by atoms with Gasteiger partial charge in [0.25, 0.3) is 11.8 Å². The molecule has 2 N–H and O–H groups in total. The molecule has 5 amide bonds. The van der Waals surface area contributed by atoms with Gasteiger partial charge in [-0.2, -0.15) is 0 Å². The van der Waals surface area contributed by atoms with Crippen molar-refractivity contribution in [2.45, 2.75) is 58.0 Å². The lowest BCUT2D eigenvalue weighted by Crippen LogP contribution is -2.58. The smallest absolute Gasteiger partial charge is 0.409 e. The predicted molar refractivity (Wildman–Crippen MR) is 173 cm³/mol. The number of likely N-dealkylation sites (N-methyl/N-ethyl adjacent to an activating group) is 1. The molecule has 0 bridgehead atoms. The monoisotopic (exact) mass is 668 g/mol. The van der Waals surface area contributed by atoms with Gasteiger partial charge < -0.3 is 39.5 Å². The van der Waals surface area contributed by atoms with Crippen LogP contribution in [0.2, 0.25) is 0 Å². The molecule has 3 heterocycles. The van der Waals surface area contributed by atoms with Crippen molar-refractivity contribution in [3.8, 4) is 5.75 Å². The summed E-state index contributed by atoms with van der Waals surface area (Å²) in [4.78, 5) is 87.3. The Morgan fingerprint density at radius 3 is 2.42 bits per heavy atom. The Hall–Kier alpha value is -4.95. The number of nitrogens with zero attached hydrogens (tertiary/aromatic N) is 5. The van der Waals surface area contributed by atoms with E-state index >= 15 is 0 Å². The molecule has 1 aromatic carbocycles. The van der Waals surface area contributed by atoms with E-state index in [4.69, 9.17) is 9.47 Å². The third-order valence-corrected chi connectivity index (χ3v) is 8.49. The second-order valence-electron chi connectivity index (χ2n) is 11.8. The van der Waals surface area contributed by atoms with Crippen LogP contribution in [-0.4, -0.2) is 137 Å². The summed E-state index contributed by atoms with van der Waals surface area (Å²) in [6, 6.07) is 6.56. The van der Waals surface area contributed by atoms with Gasteiger partial charge in [0.2, 0.25) is 11.8 Å². The lowest BCUT2D eigenvalue weighted by molar-refractivity contribution is -0.151. The maximum Gasteiger partial charge on any atom is 0.409 e. The number of aliphatic carboxylic acids is 1. The zero-order chi connectivity index (χ0) is 34.8. The summed E-state index contributed by atoms with van der Waals surface area (Å²) in [5, 5.41) is 12.5. The first kappa shape index (κ1) is 35.9. The first-order valence-corrected chi connectivity index (χ1v) is 16.3. The fraction of sp³-hybridized carbons (Fsp3) is 0.545. The number of carbonyl (C=O) groups excluding carboxylic acids is 5. The second-order valence-corrected chi connectivity index (χ2v) is 11.8. The van der Waals surface area contributed by atoms with E-state index in [1.165, 1.54) is 15.9 Å². The zero-order valence-electron chi connectivity index (χ0n) is 27.7. The number of ether oxygens (including phenoxy) is 2. The van der Waals surface area contributed by atoms with E-state index in [-0.39, 0.29) is 75.5 Å². The van der Waals surface area contributed by atoms with E-state index in [9.17, 15) is 33.9 Å². The largest absolute Gasteiger partial charge is 0.483 e. The van der Waals surface area contributed by atoms with Gasteiger partial charge in [-0.1, -0.05) is 31.9 Å². The van der Waals surface area contributed by atoms with Crippen LogP contribution >= 0.6 is 0 Å². The fourth-order valence-corrected chi connectivity index (χ4v) is 5.79. The maximum absolute atomic E-state index is 13.6. The number of pyridine rings is 1. The number of carboxylic acids is 1. The standard InChI is InChI=1S/C33H44N6O9/c1-4-6-11-26-32(45)36(3)14-19-39(26)28(40)21-48-27-20-25(34-23-10-8-7-9-22(23)27)30(43)35-24(12-13-29(41)42)31(44)37-15-17-38(18-16-37)33(46)47-5-2/h7-10,20,24,26H,4-6,11-19,21H2,1-3H3,(H,35,43)(H,41,42)/t24-,26?/m0/s1. The number of fused-ring (bicyclic) bond motifs is 1. The van der Waals surface area contributed by atoms with Crippen molar-refractivity contribution in [1.29, 1.82) is 0 Å². The number of piperazine rings is 2. The van der Waals surface area contributed by atoms with Crippen LogP contribution in [0.5, 0.6) is 5.75 Å². The molecule has 2 aromatic rings. The van der Waals surface area contributed by atoms with Crippen LogP contribution in [0, 0.1) is 0 Å². The van der Waals surface area contributed by atoms with Crippen LogP contribution in [0.3, 0.4) is 0 Å². The number of rotatable bonds is 13. The van der Waals surface area contributed by atoms with Gasteiger partial charge in [0.1, 0.15) is 23.5 Å². The summed E-state index contributed by atoms with van der Waals surface area (Å²) in [6.07, 6.45) is 1.23. The normalized spacial score (nSPS) is 17.2. The molecule has 0 spiro atoms. The van der Waals surface area contributed by atoms with E-state index in [1.54, 1.807) is 48.0 Å². The first-order valence-electron chi connectivity index (χ1n) is 16.3. The third kappa shape index (κ3) is 8.89. The molecule has 2 aliphatic heterocycles. The van der Waals surface area contributed by atoms with Crippen LogP contribution in [0.1, 0.15) is 56.4 Å². The second kappa shape index (κ2) is 16.7. The Balaban J connectivity index is 1.50. The lowest BCUT2D eigenvalue weighted by Gasteiger charge is -2.39. The van der Waals surface area contributed by atoms with Crippen LogP contribution < -0.4 is 10.1 Å². The SMILES string of the molecule is CCCCC1C(=O)N(C)CCN1C(=O)COc1cc(C(=O)N[C@@H](CCC(=O)O)C(=O)N2CCN(C(=O)OCC)CC2)nc2ccccc12. The molecule has 1 unspecified atom stereocenters. The highest BCUT2D eigenvalue weighted by molar-refractivity contribution is 5.99. The molecular weight excluding hydrogens is 624 g/mol. The third-order valence-electron chi connectivity index (χ3n) is 8.49. The number of aromatic nitrogens is 1. The van der Waals surface area contributed by atoms with Crippen molar-refractivity contribution in [3.05, 3.63) is 36.0 Å². The van der Waals surface area contributed by atoms with Gasteiger partial charge in [-0.05, 0) is 31.9 Å². The molecule has 48 heavy (non-hydrogen) atoms. The average Bonchev–Trinajstić information content (AvgIpc) is 3.09. The van der Waals surface area contributed by atoms with Crippen LogP contribution in [0.15, 0.2) is 30.3 Å². The van der Waals surface area contributed by atoms with Crippen LogP contribution in [0.4, 0.5) is 4.79 Å². The molecule has 0 saturated carbocycles. The van der Waals surface area contributed by atoms with Crippen molar-refractivity contribution in [2.24, 2.45) is 0 Å². The van der Waals surface area contributed by atoms with Gasteiger partial charge in [0.05, 0.1) is 12.1 Å². The van der Waals surface area contributed by atoms with Crippen LogP contribution in [0.25, 0.3) is 10.9 Å².